The number of hydrogen-bond donors (Lipinski definition) is 1. The van der Waals surface area contributed by atoms with Crippen LogP contribution < -0.4 is 0 Å². The summed E-state index contributed by atoms with van der Waals surface area (Å²) in [6.07, 6.45) is 2.27. The number of pyridine rings is 1. The molecule has 2 aromatic rings. The smallest absolute Gasteiger partial charge is 0.152 e. The molecule has 2 rings (SSSR count). The number of nitrogens with zero attached hydrogens (tertiary/aromatic N) is 1. The molecule has 0 fully saturated rings. The quantitative estimate of drug-likeness (QED) is 0.727. The van der Waals surface area contributed by atoms with Gasteiger partial charge in [0.25, 0.3) is 0 Å². The van der Waals surface area contributed by atoms with E-state index in [1.165, 1.54) is 0 Å². The van der Waals surface area contributed by atoms with Crippen molar-refractivity contribution >= 4 is 11.1 Å². The Morgan fingerprint density at radius 3 is 3.17 bits per heavy atom. The first-order valence-electron chi connectivity index (χ1n) is 3.84. The minimum absolute atomic E-state index is 0.111. The Labute approximate surface area is 69.7 Å². The molecule has 0 aliphatic heterocycles. The van der Waals surface area contributed by atoms with E-state index >= 15 is 0 Å². The van der Waals surface area contributed by atoms with Crippen molar-refractivity contribution in [1.82, 2.24) is 4.98 Å². The van der Waals surface area contributed by atoms with Gasteiger partial charge in [0.2, 0.25) is 0 Å². The highest BCUT2D eigenvalue weighted by molar-refractivity contribution is 5.72. The third-order valence-electron chi connectivity index (χ3n) is 1.70. The van der Waals surface area contributed by atoms with Gasteiger partial charge in [0.05, 0.1) is 6.61 Å². The number of aliphatic hydroxyl groups is 1. The molecular weight excluding hydrogens is 154 g/mol. The van der Waals surface area contributed by atoms with Crippen LogP contribution in [0.5, 0.6) is 0 Å². The zero-order chi connectivity index (χ0) is 8.39. The lowest BCUT2D eigenvalue weighted by molar-refractivity contribution is 0.289. The van der Waals surface area contributed by atoms with E-state index < -0.39 is 0 Å². The summed E-state index contributed by atoms with van der Waals surface area (Å²) in [5.41, 5.74) is 1.63. The second kappa shape index (κ2) is 2.95. The summed E-state index contributed by atoms with van der Waals surface area (Å²) in [6.45, 7) is 0.111. The molecule has 0 aliphatic rings. The molecule has 0 unspecified atom stereocenters. The zero-order valence-electron chi connectivity index (χ0n) is 6.53. The number of aromatic nitrogens is 1. The first kappa shape index (κ1) is 7.31. The maximum absolute atomic E-state index is 8.66. The van der Waals surface area contributed by atoms with Gasteiger partial charge in [-0.25, -0.2) is 0 Å². The molecule has 3 nitrogen and oxygen atoms in total. The predicted octanol–water partition coefficient (Wildman–Crippen LogP) is 1.36. The lowest BCUT2D eigenvalue weighted by atomic mass is 10.3. The fourth-order valence-corrected chi connectivity index (χ4v) is 1.15. The van der Waals surface area contributed by atoms with Gasteiger partial charge >= 0.3 is 0 Å². The van der Waals surface area contributed by atoms with E-state index in [1.807, 2.05) is 18.2 Å². The highest BCUT2D eigenvalue weighted by atomic mass is 16.3. The van der Waals surface area contributed by atoms with E-state index in [0.717, 1.165) is 16.9 Å². The van der Waals surface area contributed by atoms with Gasteiger partial charge in [-0.05, 0) is 12.1 Å². The Morgan fingerprint density at radius 1 is 1.50 bits per heavy atom. The molecule has 0 saturated heterocycles. The van der Waals surface area contributed by atoms with Gasteiger partial charge in [-0.3, -0.25) is 4.98 Å². The summed E-state index contributed by atoms with van der Waals surface area (Å²) in [7, 11) is 0. The Bertz CT molecular complexity index is 348. The Hall–Kier alpha value is -1.35. The van der Waals surface area contributed by atoms with Gasteiger partial charge < -0.3 is 9.52 Å². The third-order valence-corrected chi connectivity index (χ3v) is 1.70. The van der Waals surface area contributed by atoms with Crippen molar-refractivity contribution in [2.24, 2.45) is 0 Å². The standard InChI is InChI=1S/C9H9NO2/c11-5-3-7-6-8-9(12-7)2-1-4-10-8/h1-2,4,6,11H,3,5H2. The number of aliphatic hydroxyl groups excluding tert-OH is 1. The van der Waals surface area contributed by atoms with Crippen molar-refractivity contribution < 1.29 is 9.52 Å². The normalized spacial score (nSPS) is 10.8. The van der Waals surface area contributed by atoms with Crippen LogP contribution in [0, 0.1) is 0 Å². The fourth-order valence-electron chi connectivity index (χ4n) is 1.15. The molecule has 2 aromatic heterocycles. The minimum Gasteiger partial charge on any atom is -0.459 e. The van der Waals surface area contributed by atoms with E-state index in [9.17, 15) is 0 Å². The molecule has 0 saturated carbocycles. The molecule has 3 heteroatoms. The first-order valence-corrected chi connectivity index (χ1v) is 3.84. The molecular formula is C9H9NO2. The SMILES string of the molecule is OCCc1cc2ncccc2o1. The molecule has 1 N–H and O–H groups in total. The summed E-state index contributed by atoms with van der Waals surface area (Å²) < 4.78 is 5.39. The first-order chi connectivity index (χ1) is 5.90. The summed E-state index contributed by atoms with van der Waals surface area (Å²) >= 11 is 0. The maximum Gasteiger partial charge on any atom is 0.152 e. The van der Waals surface area contributed by atoms with Gasteiger partial charge in [0, 0.05) is 18.7 Å². The molecule has 0 radical (unpaired) electrons. The number of furan rings is 1. The largest absolute Gasteiger partial charge is 0.459 e. The predicted molar refractivity (Wildman–Crippen MR) is 44.8 cm³/mol. The molecule has 0 amide bonds. The molecule has 12 heavy (non-hydrogen) atoms. The van der Waals surface area contributed by atoms with Gasteiger partial charge in [-0.2, -0.15) is 0 Å². The number of fused-ring (bicyclic) bond motifs is 1. The summed E-state index contributed by atoms with van der Waals surface area (Å²) in [5.74, 6) is 0.784. The van der Waals surface area contributed by atoms with Crippen molar-refractivity contribution in [2.75, 3.05) is 6.61 Å². The topological polar surface area (TPSA) is 46.3 Å². The van der Waals surface area contributed by atoms with Gasteiger partial charge in [0.1, 0.15) is 11.3 Å². The zero-order valence-corrected chi connectivity index (χ0v) is 6.53. The lowest BCUT2D eigenvalue weighted by Crippen LogP contribution is -1.85. The van der Waals surface area contributed by atoms with Crippen LogP contribution in [0.15, 0.2) is 28.8 Å². The van der Waals surface area contributed by atoms with Crippen LogP contribution in [0.1, 0.15) is 5.76 Å². The Kier molecular flexibility index (Phi) is 1.80. The van der Waals surface area contributed by atoms with Gasteiger partial charge in [0.15, 0.2) is 5.58 Å². The second-order valence-corrected chi connectivity index (χ2v) is 2.57. The maximum atomic E-state index is 8.66. The van der Waals surface area contributed by atoms with Crippen molar-refractivity contribution in [3.8, 4) is 0 Å². The lowest BCUT2D eigenvalue weighted by Gasteiger charge is -1.86. The molecule has 0 bridgehead atoms. The van der Waals surface area contributed by atoms with Crippen LogP contribution >= 0.6 is 0 Å². The molecule has 62 valence electrons. The van der Waals surface area contributed by atoms with Crippen molar-refractivity contribution in [1.29, 1.82) is 0 Å². The Morgan fingerprint density at radius 2 is 2.42 bits per heavy atom. The summed E-state index contributed by atoms with van der Waals surface area (Å²) in [4.78, 5) is 4.11. The average molecular weight is 163 g/mol. The molecule has 2 heterocycles. The van der Waals surface area contributed by atoms with Gasteiger partial charge in [-0.15, -0.1) is 0 Å². The van der Waals surface area contributed by atoms with E-state index in [1.54, 1.807) is 6.20 Å². The fraction of sp³-hybridized carbons (Fsp3) is 0.222. The van der Waals surface area contributed by atoms with E-state index in [4.69, 9.17) is 9.52 Å². The van der Waals surface area contributed by atoms with Crippen LogP contribution in [0.25, 0.3) is 11.1 Å². The molecule has 0 aromatic carbocycles. The number of rotatable bonds is 2. The van der Waals surface area contributed by atoms with Crippen molar-refractivity contribution in [2.45, 2.75) is 6.42 Å². The van der Waals surface area contributed by atoms with E-state index in [0.29, 0.717) is 6.42 Å². The van der Waals surface area contributed by atoms with Crippen LogP contribution in [-0.4, -0.2) is 16.7 Å². The minimum atomic E-state index is 0.111. The second-order valence-electron chi connectivity index (χ2n) is 2.57. The van der Waals surface area contributed by atoms with Crippen LogP contribution in [0.3, 0.4) is 0 Å². The highest BCUT2D eigenvalue weighted by Crippen LogP contribution is 2.16. The number of hydrogen-bond acceptors (Lipinski definition) is 3. The van der Waals surface area contributed by atoms with E-state index in [2.05, 4.69) is 4.98 Å². The third kappa shape index (κ3) is 1.19. The van der Waals surface area contributed by atoms with Crippen LogP contribution in [0.2, 0.25) is 0 Å². The average Bonchev–Trinajstić information content (AvgIpc) is 2.47. The Balaban J connectivity index is 2.47. The van der Waals surface area contributed by atoms with Crippen LogP contribution in [-0.2, 0) is 6.42 Å². The highest BCUT2D eigenvalue weighted by Gasteiger charge is 2.01. The van der Waals surface area contributed by atoms with Gasteiger partial charge in [-0.1, -0.05) is 0 Å². The molecule has 0 atom stereocenters. The molecule has 0 spiro atoms. The summed E-state index contributed by atoms with van der Waals surface area (Å²) in [5, 5.41) is 8.66. The summed E-state index contributed by atoms with van der Waals surface area (Å²) in [6, 6.07) is 5.54. The monoisotopic (exact) mass is 163 g/mol. The molecule has 0 aliphatic carbocycles. The van der Waals surface area contributed by atoms with Crippen molar-refractivity contribution in [3.05, 3.63) is 30.2 Å². The van der Waals surface area contributed by atoms with Crippen LogP contribution in [0.4, 0.5) is 0 Å². The van der Waals surface area contributed by atoms with E-state index in [-0.39, 0.29) is 6.61 Å². The van der Waals surface area contributed by atoms with Crippen molar-refractivity contribution in [3.63, 3.8) is 0 Å².